The molecule has 3 atom stereocenters. The maximum Gasteiger partial charge on any atom is 0.268 e. The first kappa shape index (κ1) is 50.4. The van der Waals surface area contributed by atoms with Gasteiger partial charge in [0, 0.05) is 12.8 Å². The molecule has 0 aliphatic rings. The van der Waals surface area contributed by atoms with E-state index < -0.39 is 26.6 Å². The third kappa shape index (κ3) is 35.4. The fourth-order valence-electron chi connectivity index (χ4n) is 5.66. The molecular weight excluding hydrogens is 675 g/mol. The maximum absolute atomic E-state index is 12.8. The van der Waals surface area contributed by atoms with Crippen LogP contribution in [0.5, 0.6) is 0 Å². The molecule has 0 spiro atoms. The molecule has 0 rings (SSSR count). The van der Waals surface area contributed by atoms with Gasteiger partial charge in [0.05, 0.1) is 39.9 Å². The van der Waals surface area contributed by atoms with Gasteiger partial charge in [-0.15, -0.1) is 0 Å². The van der Waals surface area contributed by atoms with Gasteiger partial charge in [-0.1, -0.05) is 147 Å². The van der Waals surface area contributed by atoms with E-state index in [2.05, 4.69) is 25.2 Å². The zero-order valence-electron chi connectivity index (χ0n) is 34.0. The minimum atomic E-state index is -4.60. The van der Waals surface area contributed by atoms with Gasteiger partial charge in [0.25, 0.3) is 7.82 Å². The molecule has 0 fully saturated rings. The number of phosphoric acid groups is 1. The highest BCUT2D eigenvalue weighted by Gasteiger charge is 2.23. The van der Waals surface area contributed by atoms with Crippen LogP contribution in [0.2, 0.25) is 0 Å². The van der Waals surface area contributed by atoms with Crippen molar-refractivity contribution in [2.24, 2.45) is 0 Å². The Morgan fingerprint density at radius 3 is 1.79 bits per heavy atom. The second-order valence-corrected chi connectivity index (χ2v) is 16.8. The number of allylic oxidation sites excluding steroid dienone is 5. The van der Waals surface area contributed by atoms with E-state index in [0.29, 0.717) is 23.9 Å². The Morgan fingerprint density at radius 1 is 0.712 bits per heavy atom. The summed E-state index contributed by atoms with van der Waals surface area (Å²) in [7, 11) is 1.20. The molecule has 2 N–H and O–H groups in total. The SMILES string of the molecule is CCCCCCCCCCCCCC/C=C/[C@@H](O)[C@H](COP(=O)([O-])OCC[N+](C)(C)C)NC(=O)CCCCCCC/C=C\C=C\C(=O)CCCCC. The van der Waals surface area contributed by atoms with Crippen molar-refractivity contribution in [2.75, 3.05) is 40.9 Å². The van der Waals surface area contributed by atoms with Crippen molar-refractivity contribution >= 4 is 19.5 Å². The number of aliphatic hydroxyl groups is 1. The minimum Gasteiger partial charge on any atom is -0.756 e. The number of ketones is 1. The lowest BCUT2D eigenvalue weighted by atomic mass is 10.0. The van der Waals surface area contributed by atoms with Crippen LogP contribution < -0.4 is 10.2 Å². The number of phosphoric ester groups is 1. The highest BCUT2D eigenvalue weighted by Crippen LogP contribution is 2.38. The Balaban J connectivity index is 4.56. The number of aliphatic hydroxyl groups excluding tert-OH is 1. The summed E-state index contributed by atoms with van der Waals surface area (Å²) >= 11 is 0. The van der Waals surface area contributed by atoms with Crippen molar-refractivity contribution in [3.8, 4) is 0 Å². The molecule has 1 amide bonds. The van der Waals surface area contributed by atoms with Gasteiger partial charge in [-0.25, -0.2) is 0 Å². The van der Waals surface area contributed by atoms with Gasteiger partial charge in [0.2, 0.25) is 5.91 Å². The van der Waals surface area contributed by atoms with Gasteiger partial charge in [0.1, 0.15) is 13.2 Å². The normalized spacial score (nSPS) is 14.8. The van der Waals surface area contributed by atoms with E-state index in [-0.39, 0.29) is 24.7 Å². The zero-order valence-corrected chi connectivity index (χ0v) is 34.9. The van der Waals surface area contributed by atoms with Gasteiger partial charge in [-0.2, -0.15) is 0 Å². The number of quaternary nitrogens is 1. The smallest absolute Gasteiger partial charge is 0.268 e. The molecule has 9 nitrogen and oxygen atoms in total. The molecule has 0 radical (unpaired) electrons. The molecule has 0 aromatic rings. The number of rotatable bonds is 37. The molecule has 0 aromatic heterocycles. The van der Waals surface area contributed by atoms with E-state index in [1.54, 1.807) is 12.2 Å². The zero-order chi connectivity index (χ0) is 38.8. The predicted molar refractivity (Wildman–Crippen MR) is 215 cm³/mol. The summed E-state index contributed by atoms with van der Waals surface area (Å²) < 4.78 is 23.1. The number of hydrogen-bond acceptors (Lipinski definition) is 7. The third-order valence-corrected chi connectivity index (χ3v) is 10.0. The average Bonchev–Trinajstić information content (AvgIpc) is 3.08. The molecule has 0 bridgehead atoms. The van der Waals surface area contributed by atoms with Crippen molar-refractivity contribution in [3.63, 3.8) is 0 Å². The topological polar surface area (TPSA) is 125 Å². The van der Waals surface area contributed by atoms with Gasteiger partial charge in [-0.3, -0.25) is 14.2 Å². The van der Waals surface area contributed by atoms with Gasteiger partial charge >= 0.3 is 0 Å². The number of nitrogens with zero attached hydrogens (tertiary/aromatic N) is 1. The summed E-state index contributed by atoms with van der Waals surface area (Å²) in [6.07, 6.45) is 35.9. The van der Waals surface area contributed by atoms with E-state index in [0.717, 1.165) is 70.6 Å². The monoisotopic (exact) mass is 755 g/mol. The van der Waals surface area contributed by atoms with Crippen molar-refractivity contribution in [3.05, 3.63) is 36.5 Å². The molecular formula is C42H79N2O7P. The second kappa shape index (κ2) is 33.9. The number of likely N-dealkylation sites (N-methyl/N-ethyl adjacent to an activating group) is 1. The fourth-order valence-corrected chi connectivity index (χ4v) is 6.38. The number of unbranched alkanes of at least 4 members (excludes halogenated alkanes) is 19. The van der Waals surface area contributed by atoms with Crippen LogP contribution in [0, 0.1) is 0 Å². The Morgan fingerprint density at radius 2 is 1.21 bits per heavy atom. The van der Waals surface area contributed by atoms with E-state index in [9.17, 15) is 24.2 Å². The van der Waals surface area contributed by atoms with Crippen LogP contribution in [0.15, 0.2) is 36.5 Å². The minimum absolute atomic E-state index is 0.0175. The second-order valence-electron chi connectivity index (χ2n) is 15.4. The fraction of sp³-hybridized carbons (Fsp3) is 0.810. The molecule has 1 unspecified atom stereocenters. The number of hydrogen-bond donors (Lipinski definition) is 2. The molecule has 0 saturated carbocycles. The number of carbonyl (C=O) groups is 2. The molecule has 0 heterocycles. The van der Waals surface area contributed by atoms with Crippen molar-refractivity contribution in [1.29, 1.82) is 0 Å². The van der Waals surface area contributed by atoms with Gasteiger partial charge in [-0.05, 0) is 44.6 Å². The van der Waals surface area contributed by atoms with Crippen LogP contribution in [0.25, 0.3) is 0 Å². The van der Waals surface area contributed by atoms with Crippen LogP contribution in [-0.4, -0.2) is 74.3 Å². The Kier molecular flexibility index (Phi) is 32.9. The lowest BCUT2D eigenvalue weighted by molar-refractivity contribution is -0.870. The number of nitrogens with one attached hydrogen (secondary N) is 1. The summed E-state index contributed by atoms with van der Waals surface area (Å²) in [6, 6.07) is -0.914. The summed E-state index contributed by atoms with van der Waals surface area (Å²) in [5.41, 5.74) is 0. The highest BCUT2D eigenvalue weighted by atomic mass is 31.2. The van der Waals surface area contributed by atoms with Gasteiger partial charge < -0.3 is 28.8 Å². The lowest BCUT2D eigenvalue weighted by Gasteiger charge is -2.29. The maximum atomic E-state index is 12.8. The quantitative estimate of drug-likeness (QED) is 0.0162. The van der Waals surface area contributed by atoms with Crippen molar-refractivity contribution < 1.29 is 37.7 Å². The van der Waals surface area contributed by atoms with Crippen LogP contribution in [0.3, 0.4) is 0 Å². The van der Waals surface area contributed by atoms with Crippen LogP contribution in [0.1, 0.15) is 168 Å². The molecule has 0 aliphatic carbocycles. The standard InChI is InChI=1S/C42H79N2O7P/c1-6-8-10-11-12-13-14-15-16-17-20-23-26-30-34-41(46)40(38-51-52(48,49)50-37-36-44(3,4)5)43-42(47)35-31-27-24-21-18-19-22-25-29-33-39(45)32-28-9-7-2/h22,25,29-30,33-34,40-41,46H,6-21,23-24,26-28,31-32,35-38H2,1-5H3,(H-,43,47,48,49)/b25-22-,33-29+,34-30+/t40-,41+/m0/s1. The highest BCUT2D eigenvalue weighted by molar-refractivity contribution is 7.45. The predicted octanol–water partition coefficient (Wildman–Crippen LogP) is 9.68. The van der Waals surface area contributed by atoms with Crippen molar-refractivity contribution in [2.45, 2.75) is 180 Å². The van der Waals surface area contributed by atoms with Crippen molar-refractivity contribution in [1.82, 2.24) is 5.32 Å². The van der Waals surface area contributed by atoms with Crippen LogP contribution in [-0.2, 0) is 23.2 Å². The summed E-state index contributed by atoms with van der Waals surface area (Å²) in [5, 5.41) is 13.7. The third-order valence-electron chi connectivity index (χ3n) is 9.07. The van der Waals surface area contributed by atoms with Gasteiger partial charge in [0.15, 0.2) is 5.78 Å². The van der Waals surface area contributed by atoms with Crippen LogP contribution >= 0.6 is 7.82 Å². The number of amides is 1. The first-order valence-electron chi connectivity index (χ1n) is 20.8. The molecule has 0 saturated heterocycles. The van der Waals surface area contributed by atoms with E-state index in [4.69, 9.17) is 9.05 Å². The van der Waals surface area contributed by atoms with E-state index in [1.807, 2.05) is 39.4 Å². The first-order valence-corrected chi connectivity index (χ1v) is 22.3. The molecule has 304 valence electrons. The molecule has 52 heavy (non-hydrogen) atoms. The Hall–Kier alpha value is -1.61. The Bertz CT molecular complexity index is 1010. The molecule has 0 aliphatic heterocycles. The lowest BCUT2D eigenvalue weighted by Crippen LogP contribution is -2.45. The summed E-state index contributed by atoms with van der Waals surface area (Å²) in [5.74, 6) is -0.0601. The summed E-state index contributed by atoms with van der Waals surface area (Å²) in [6.45, 7) is 4.44. The first-order chi connectivity index (χ1) is 24.9. The molecule has 10 heteroatoms. The molecule has 0 aromatic carbocycles. The Labute approximate surface area is 319 Å². The summed E-state index contributed by atoms with van der Waals surface area (Å²) in [4.78, 5) is 37.0. The largest absolute Gasteiger partial charge is 0.756 e. The van der Waals surface area contributed by atoms with E-state index in [1.165, 1.54) is 64.2 Å². The average molecular weight is 755 g/mol. The van der Waals surface area contributed by atoms with Crippen LogP contribution in [0.4, 0.5) is 0 Å². The van der Waals surface area contributed by atoms with E-state index >= 15 is 0 Å². The number of carbonyl (C=O) groups excluding carboxylic acids is 2.